The average molecular weight is 439 g/mol. The molecule has 9 nitrogen and oxygen atoms in total. The number of aromatic nitrogens is 3. The van der Waals surface area contributed by atoms with E-state index in [1.54, 1.807) is 24.7 Å². The largest absolute Gasteiger partial charge is 0.490 e. The summed E-state index contributed by atoms with van der Waals surface area (Å²) in [6.07, 6.45) is 0.174. The minimum absolute atomic E-state index is 0.0315. The third-order valence-corrected chi connectivity index (χ3v) is 4.90. The summed E-state index contributed by atoms with van der Waals surface area (Å²) in [6.45, 7) is 2.40. The van der Waals surface area contributed by atoms with E-state index in [1.165, 1.54) is 0 Å². The number of carbonyl (C=O) groups is 2. The lowest BCUT2D eigenvalue weighted by atomic mass is 9.92. The molecule has 0 spiro atoms. The van der Waals surface area contributed by atoms with Gasteiger partial charge in [0.1, 0.15) is 0 Å². The number of nitrogens with one attached hydrogen (secondary N) is 1. The van der Waals surface area contributed by atoms with Gasteiger partial charge in [0.2, 0.25) is 11.9 Å². The van der Waals surface area contributed by atoms with E-state index in [-0.39, 0.29) is 23.8 Å². The zero-order valence-corrected chi connectivity index (χ0v) is 16.2. The quantitative estimate of drug-likeness (QED) is 0.732. The maximum absolute atomic E-state index is 12.5. The minimum Gasteiger partial charge on any atom is -0.475 e. The summed E-state index contributed by atoms with van der Waals surface area (Å²) in [5.41, 5.74) is 0.854. The van der Waals surface area contributed by atoms with Crippen LogP contribution in [0.4, 0.5) is 19.1 Å². The second kappa shape index (κ2) is 9.69. The van der Waals surface area contributed by atoms with Gasteiger partial charge >= 0.3 is 12.1 Å². The number of fused-ring (bicyclic) bond motifs is 1. The van der Waals surface area contributed by atoms with Crippen LogP contribution >= 0.6 is 0 Å². The van der Waals surface area contributed by atoms with Crippen LogP contribution in [0.15, 0.2) is 42.9 Å². The highest BCUT2D eigenvalue weighted by Crippen LogP contribution is 2.35. The first-order chi connectivity index (χ1) is 14.8. The Labute approximate surface area is 175 Å². The van der Waals surface area contributed by atoms with Crippen LogP contribution in [-0.2, 0) is 20.9 Å². The molecule has 4 rings (SSSR count). The molecule has 166 valence electrons. The van der Waals surface area contributed by atoms with E-state index in [9.17, 15) is 18.0 Å². The molecule has 2 aromatic heterocycles. The Morgan fingerprint density at radius 3 is 2.42 bits per heavy atom. The second-order valence-corrected chi connectivity index (χ2v) is 6.94. The molecule has 12 heteroatoms. The van der Waals surface area contributed by atoms with Gasteiger partial charge in [0.05, 0.1) is 30.9 Å². The number of ether oxygens (including phenoxy) is 1. The van der Waals surface area contributed by atoms with Crippen molar-refractivity contribution in [1.29, 1.82) is 0 Å². The van der Waals surface area contributed by atoms with E-state index in [0.717, 1.165) is 18.8 Å². The van der Waals surface area contributed by atoms with Crippen molar-refractivity contribution in [2.24, 2.45) is 11.8 Å². The Balaban J connectivity index is 0.000000339. The summed E-state index contributed by atoms with van der Waals surface area (Å²) in [5.74, 6) is -1.98. The van der Waals surface area contributed by atoms with Crippen LogP contribution in [0.25, 0.3) is 0 Å². The zero-order chi connectivity index (χ0) is 22.4. The van der Waals surface area contributed by atoms with E-state index in [1.807, 2.05) is 18.2 Å². The number of carboxylic acids is 1. The number of pyridine rings is 1. The topological polar surface area (TPSA) is 118 Å². The molecule has 0 unspecified atom stereocenters. The summed E-state index contributed by atoms with van der Waals surface area (Å²) in [6, 6.07) is 7.47. The average Bonchev–Trinajstić information content (AvgIpc) is 3.34. The third kappa shape index (κ3) is 5.87. The summed E-state index contributed by atoms with van der Waals surface area (Å²) in [4.78, 5) is 36.3. The lowest BCUT2D eigenvalue weighted by Crippen LogP contribution is -2.36. The number of alkyl halides is 3. The number of rotatable bonds is 4. The maximum Gasteiger partial charge on any atom is 0.490 e. The molecule has 0 aromatic carbocycles. The van der Waals surface area contributed by atoms with Crippen LogP contribution in [0.3, 0.4) is 0 Å². The van der Waals surface area contributed by atoms with Crippen molar-refractivity contribution in [3.63, 3.8) is 0 Å². The number of amides is 1. The second-order valence-electron chi connectivity index (χ2n) is 6.94. The fourth-order valence-electron chi connectivity index (χ4n) is 3.41. The van der Waals surface area contributed by atoms with Crippen molar-refractivity contribution in [3.8, 4) is 0 Å². The molecule has 1 amide bonds. The number of anilines is 1. The Kier molecular flexibility index (Phi) is 7.00. The summed E-state index contributed by atoms with van der Waals surface area (Å²) in [5, 5.41) is 10.1. The van der Waals surface area contributed by atoms with Gasteiger partial charge in [0.15, 0.2) is 0 Å². The first kappa shape index (κ1) is 22.4. The Morgan fingerprint density at radius 2 is 1.81 bits per heavy atom. The van der Waals surface area contributed by atoms with Gasteiger partial charge in [0, 0.05) is 37.6 Å². The van der Waals surface area contributed by atoms with Crippen molar-refractivity contribution < 1.29 is 32.6 Å². The molecule has 0 radical (unpaired) electrons. The lowest BCUT2D eigenvalue weighted by Gasteiger charge is -2.19. The van der Waals surface area contributed by atoms with Gasteiger partial charge in [-0.1, -0.05) is 6.07 Å². The first-order valence-corrected chi connectivity index (χ1v) is 9.37. The van der Waals surface area contributed by atoms with Crippen molar-refractivity contribution >= 4 is 17.8 Å². The van der Waals surface area contributed by atoms with Crippen molar-refractivity contribution in [2.45, 2.75) is 18.8 Å². The number of halogens is 3. The van der Waals surface area contributed by atoms with Crippen LogP contribution in [0, 0.1) is 11.8 Å². The molecule has 2 aliphatic heterocycles. The van der Waals surface area contributed by atoms with E-state index < -0.39 is 12.1 Å². The van der Waals surface area contributed by atoms with Gasteiger partial charge in [-0.05, 0) is 18.2 Å². The fraction of sp³-hybridized carbons (Fsp3) is 0.421. The SMILES string of the molecule is O=C(NCc1ccccn1)[C@H]1CO[C@@H]2CN(c3ncccn3)C[C@H]12.O=C(O)C(F)(F)F. The fourth-order valence-corrected chi connectivity index (χ4v) is 3.41. The normalized spacial score (nSPS) is 22.3. The van der Waals surface area contributed by atoms with Gasteiger partial charge in [0.25, 0.3) is 0 Å². The minimum atomic E-state index is -5.08. The highest BCUT2D eigenvalue weighted by atomic mass is 19.4. The van der Waals surface area contributed by atoms with Gasteiger partial charge < -0.3 is 20.1 Å². The smallest absolute Gasteiger partial charge is 0.475 e. The molecule has 2 N–H and O–H groups in total. The van der Waals surface area contributed by atoms with Gasteiger partial charge in [-0.3, -0.25) is 9.78 Å². The molecule has 0 bridgehead atoms. The van der Waals surface area contributed by atoms with Crippen LogP contribution in [0.5, 0.6) is 0 Å². The Morgan fingerprint density at radius 1 is 1.13 bits per heavy atom. The third-order valence-electron chi connectivity index (χ3n) is 4.90. The Bertz CT molecular complexity index is 885. The molecular weight excluding hydrogens is 419 g/mol. The number of hydrogen-bond acceptors (Lipinski definition) is 7. The predicted molar refractivity (Wildman–Crippen MR) is 101 cm³/mol. The maximum atomic E-state index is 12.5. The molecule has 2 fully saturated rings. The first-order valence-electron chi connectivity index (χ1n) is 9.37. The molecule has 0 saturated carbocycles. The molecular formula is C19H20F3N5O4. The van der Waals surface area contributed by atoms with E-state index in [4.69, 9.17) is 14.6 Å². The number of carbonyl (C=O) groups excluding carboxylic acids is 1. The predicted octanol–water partition coefficient (Wildman–Crippen LogP) is 1.27. The molecule has 4 heterocycles. The number of carboxylic acid groups (broad SMARTS) is 1. The molecule has 2 saturated heterocycles. The van der Waals surface area contributed by atoms with Crippen molar-refractivity contribution in [2.75, 3.05) is 24.6 Å². The molecule has 0 aliphatic carbocycles. The van der Waals surface area contributed by atoms with Crippen molar-refractivity contribution in [3.05, 3.63) is 48.5 Å². The molecule has 2 aromatic rings. The van der Waals surface area contributed by atoms with Gasteiger partial charge in [-0.2, -0.15) is 13.2 Å². The van der Waals surface area contributed by atoms with E-state index in [2.05, 4.69) is 25.2 Å². The highest BCUT2D eigenvalue weighted by Gasteiger charge is 2.47. The molecule has 3 atom stereocenters. The van der Waals surface area contributed by atoms with Gasteiger partial charge in [-0.25, -0.2) is 14.8 Å². The van der Waals surface area contributed by atoms with E-state index >= 15 is 0 Å². The lowest BCUT2D eigenvalue weighted by molar-refractivity contribution is -0.192. The number of aliphatic carboxylic acids is 1. The number of nitrogens with zero attached hydrogens (tertiary/aromatic N) is 4. The summed E-state index contributed by atoms with van der Waals surface area (Å²) >= 11 is 0. The summed E-state index contributed by atoms with van der Waals surface area (Å²) in [7, 11) is 0. The van der Waals surface area contributed by atoms with E-state index in [0.29, 0.717) is 19.1 Å². The van der Waals surface area contributed by atoms with Crippen LogP contribution in [0.2, 0.25) is 0 Å². The van der Waals surface area contributed by atoms with Gasteiger partial charge in [-0.15, -0.1) is 0 Å². The number of hydrogen-bond donors (Lipinski definition) is 2. The monoisotopic (exact) mass is 439 g/mol. The zero-order valence-electron chi connectivity index (χ0n) is 16.2. The van der Waals surface area contributed by atoms with Crippen LogP contribution in [0.1, 0.15) is 5.69 Å². The van der Waals surface area contributed by atoms with Crippen LogP contribution in [-0.4, -0.2) is 63.9 Å². The summed E-state index contributed by atoms with van der Waals surface area (Å²) < 4.78 is 37.6. The molecule has 31 heavy (non-hydrogen) atoms. The highest BCUT2D eigenvalue weighted by molar-refractivity contribution is 5.79. The van der Waals surface area contributed by atoms with Crippen LogP contribution < -0.4 is 10.2 Å². The standard InChI is InChI=1S/C17H19N5O2.C2HF3O2/c23-16(21-8-12-4-1-2-5-18-12)14-11-24-15-10-22(9-13(14)15)17-19-6-3-7-20-17;3-2(4,5)1(6)7/h1-7,13-15H,8-11H2,(H,21,23);(H,6,7)/t13-,14+,15-;/m1./s1. The Hall–Kier alpha value is -3.28. The van der Waals surface area contributed by atoms with Crippen molar-refractivity contribution in [1.82, 2.24) is 20.3 Å². The molecule has 2 aliphatic rings.